The summed E-state index contributed by atoms with van der Waals surface area (Å²) in [6, 6.07) is 7.87. The Bertz CT molecular complexity index is 547. The number of nitrogens with one attached hydrogen (secondary N) is 1. The third kappa shape index (κ3) is 2.61. The normalized spacial score (nSPS) is 19.3. The molecule has 100 valence electrons. The van der Waals surface area contributed by atoms with Crippen LogP contribution in [0.5, 0.6) is 5.75 Å². The largest absolute Gasteiger partial charge is 0.497 e. The molecule has 0 amide bonds. The number of piperidine rings is 1. The van der Waals surface area contributed by atoms with Crippen LogP contribution in [-0.2, 0) is 0 Å². The highest BCUT2D eigenvalue weighted by Gasteiger charge is 2.21. The summed E-state index contributed by atoms with van der Waals surface area (Å²) >= 11 is 0. The summed E-state index contributed by atoms with van der Waals surface area (Å²) in [5, 5.41) is 7.46. The average Bonchev–Trinajstić information content (AvgIpc) is 2.98. The van der Waals surface area contributed by atoms with Crippen molar-refractivity contribution < 1.29 is 9.26 Å². The second-order valence-corrected chi connectivity index (χ2v) is 4.69. The zero-order valence-electron chi connectivity index (χ0n) is 10.9. The molecule has 1 aliphatic heterocycles. The molecule has 5 nitrogen and oxygen atoms in total. The molecule has 1 saturated heterocycles. The molecule has 1 aliphatic rings. The molecule has 2 heterocycles. The topological polar surface area (TPSA) is 60.2 Å². The monoisotopic (exact) mass is 259 g/mol. The van der Waals surface area contributed by atoms with E-state index in [1.807, 2.05) is 24.3 Å². The van der Waals surface area contributed by atoms with Gasteiger partial charge in [0.1, 0.15) is 5.75 Å². The van der Waals surface area contributed by atoms with Crippen LogP contribution in [0, 0.1) is 0 Å². The standard InChI is InChI=1S/C14H17N3O2/c1-18-11-6-4-5-10(9-11)13-16-14(19-17-13)12-7-2-3-8-15-12/h4-6,9,12,15H,2-3,7-8H2,1H3/t12-/m0/s1. The van der Waals surface area contributed by atoms with Gasteiger partial charge in [0, 0.05) is 5.56 Å². The van der Waals surface area contributed by atoms with Gasteiger partial charge in [-0.3, -0.25) is 0 Å². The molecule has 19 heavy (non-hydrogen) atoms. The highest BCUT2D eigenvalue weighted by atomic mass is 16.5. The molecule has 0 saturated carbocycles. The number of aromatic nitrogens is 2. The second-order valence-electron chi connectivity index (χ2n) is 4.69. The Kier molecular flexibility index (Phi) is 3.46. The minimum absolute atomic E-state index is 0.195. The van der Waals surface area contributed by atoms with Crippen molar-refractivity contribution in [3.05, 3.63) is 30.2 Å². The van der Waals surface area contributed by atoms with Crippen LogP contribution in [0.15, 0.2) is 28.8 Å². The summed E-state index contributed by atoms with van der Waals surface area (Å²) in [5.74, 6) is 2.08. The van der Waals surface area contributed by atoms with Gasteiger partial charge in [0.25, 0.3) is 0 Å². The lowest BCUT2D eigenvalue weighted by molar-refractivity contribution is 0.297. The molecule has 1 atom stereocenters. The molecule has 2 aromatic rings. The van der Waals surface area contributed by atoms with Gasteiger partial charge in [0.15, 0.2) is 0 Å². The molecule has 5 heteroatoms. The lowest BCUT2D eigenvalue weighted by atomic mass is 10.1. The maximum atomic E-state index is 5.37. The molecule has 1 aromatic heterocycles. The van der Waals surface area contributed by atoms with Crippen LogP contribution in [0.4, 0.5) is 0 Å². The summed E-state index contributed by atoms with van der Waals surface area (Å²) in [5.41, 5.74) is 0.908. The minimum atomic E-state index is 0.195. The number of benzene rings is 1. The first kappa shape index (κ1) is 12.2. The van der Waals surface area contributed by atoms with E-state index in [-0.39, 0.29) is 6.04 Å². The Balaban J connectivity index is 1.83. The van der Waals surface area contributed by atoms with Crippen molar-refractivity contribution in [2.75, 3.05) is 13.7 Å². The van der Waals surface area contributed by atoms with Crippen molar-refractivity contribution >= 4 is 0 Å². The first-order valence-corrected chi connectivity index (χ1v) is 6.58. The minimum Gasteiger partial charge on any atom is -0.497 e. The Morgan fingerprint density at radius 2 is 2.32 bits per heavy atom. The van der Waals surface area contributed by atoms with E-state index in [2.05, 4.69) is 15.5 Å². The number of rotatable bonds is 3. The van der Waals surface area contributed by atoms with Crippen molar-refractivity contribution in [1.29, 1.82) is 0 Å². The highest BCUT2D eigenvalue weighted by molar-refractivity contribution is 5.56. The smallest absolute Gasteiger partial charge is 0.244 e. The van der Waals surface area contributed by atoms with Crippen LogP contribution in [0.2, 0.25) is 0 Å². The summed E-state index contributed by atoms with van der Waals surface area (Å²) < 4.78 is 10.6. The van der Waals surface area contributed by atoms with E-state index in [1.165, 1.54) is 12.8 Å². The summed E-state index contributed by atoms with van der Waals surface area (Å²) in [7, 11) is 1.65. The quantitative estimate of drug-likeness (QED) is 0.918. The van der Waals surface area contributed by atoms with Gasteiger partial charge in [-0.15, -0.1) is 0 Å². The number of methoxy groups -OCH3 is 1. The van der Waals surface area contributed by atoms with E-state index < -0.39 is 0 Å². The van der Waals surface area contributed by atoms with Crippen LogP contribution in [0.1, 0.15) is 31.2 Å². The Morgan fingerprint density at radius 3 is 3.11 bits per heavy atom. The molecular weight excluding hydrogens is 242 g/mol. The maximum Gasteiger partial charge on any atom is 0.244 e. The van der Waals surface area contributed by atoms with Crippen molar-refractivity contribution in [1.82, 2.24) is 15.5 Å². The van der Waals surface area contributed by atoms with Gasteiger partial charge in [-0.1, -0.05) is 23.7 Å². The van der Waals surface area contributed by atoms with Crippen molar-refractivity contribution in [2.24, 2.45) is 0 Å². The van der Waals surface area contributed by atoms with Crippen LogP contribution < -0.4 is 10.1 Å². The van der Waals surface area contributed by atoms with Gasteiger partial charge >= 0.3 is 0 Å². The van der Waals surface area contributed by atoms with Crippen LogP contribution in [0.25, 0.3) is 11.4 Å². The maximum absolute atomic E-state index is 5.37. The SMILES string of the molecule is COc1cccc(-c2noc([C@@H]3CCCCN3)n2)c1. The van der Waals surface area contributed by atoms with E-state index >= 15 is 0 Å². The Labute approximate surface area is 112 Å². The van der Waals surface area contributed by atoms with Gasteiger partial charge in [-0.05, 0) is 31.5 Å². The molecular formula is C14H17N3O2. The highest BCUT2D eigenvalue weighted by Crippen LogP contribution is 2.25. The fourth-order valence-electron chi connectivity index (χ4n) is 2.32. The third-order valence-electron chi connectivity index (χ3n) is 3.38. The number of hydrogen-bond donors (Lipinski definition) is 1. The fraction of sp³-hybridized carbons (Fsp3) is 0.429. The van der Waals surface area contributed by atoms with E-state index in [0.717, 1.165) is 24.3 Å². The predicted octanol–water partition coefficient (Wildman–Crippen LogP) is 2.56. The van der Waals surface area contributed by atoms with Gasteiger partial charge in [0.05, 0.1) is 13.2 Å². The van der Waals surface area contributed by atoms with Gasteiger partial charge in [0.2, 0.25) is 11.7 Å². The van der Waals surface area contributed by atoms with Crippen LogP contribution >= 0.6 is 0 Å². The zero-order chi connectivity index (χ0) is 13.1. The van der Waals surface area contributed by atoms with Gasteiger partial charge in [-0.25, -0.2) is 0 Å². The molecule has 0 spiro atoms. The average molecular weight is 259 g/mol. The fourth-order valence-corrected chi connectivity index (χ4v) is 2.32. The Morgan fingerprint density at radius 1 is 1.37 bits per heavy atom. The van der Waals surface area contributed by atoms with E-state index in [0.29, 0.717) is 11.7 Å². The summed E-state index contributed by atoms with van der Waals surface area (Å²) in [4.78, 5) is 4.48. The lowest BCUT2D eigenvalue weighted by Gasteiger charge is -2.19. The molecule has 1 N–H and O–H groups in total. The van der Waals surface area contributed by atoms with Crippen LogP contribution in [-0.4, -0.2) is 23.8 Å². The molecule has 1 aromatic carbocycles. The van der Waals surface area contributed by atoms with Crippen molar-refractivity contribution in [2.45, 2.75) is 25.3 Å². The van der Waals surface area contributed by atoms with E-state index in [9.17, 15) is 0 Å². The van der Waals surface area contributed by atoms with Gasteiger partial charge in [-0.2, -0.15) is 4.98 Å². The van der Waals surface area contributed by atoms with Crippen molar-refractivity contribution in [3.63, 3.8) is 0 Å². The summed E-state index contributed by atoms with van der Waals surface area (Å²) in [6.07, 6.45) is 3.47. The Hall–Kier alpha value is -1.88. The zero-order valence-corrected chi connectivity index (χ0v) is 10.9. The molecule has 0 bridgehead atoms. The number of nitrogens with zero attached hydrogens (tertiary/aromatic N) is 2. The molecule has 0 radical (unpaired) electrons. The molecule has 3 rings (SSSR count). The lowest BCUT2D eigenvalue weighted by Crippen LogP contribution is -2.26. The van der Waals surface area contributed by atoms with Gasteiger partial charge < -0.3 is 14.6 Å². The predicted molar refractivity (Wildman–Crippen MR) is 70.9 cm³/mol. The molecule has 0 aliphatic carbocycles. The van der Waals surface area contributed by atoms with Crippen molar-refractivity contribution in [3.8, 4) is 17.1 Å². The number of ether oxygens (including phenoxy) is 1. The van der Waals surface area contributed by atoms with Crippen LogP contribution in [0.3, 0.4) is 0 Å². The first-order chi connectivity index (χ1) is 9.36. The second kappa shape index (κ2) is 5.40. The first-order valence-electron chi connectivity index (χ1n) is 6.58. The molecule has 0 unspecified atom stereocenters. The van der Waals surface area contributed by atoms with E-state index in [1.54, 1.807) is 7.11 Å². The number of hydrogen-bond acceptors (Lipinski definition) is 5. The van der Waals surface area contributed by atoms with E-state index in [4.69, 9.17) is 9.26 Å². The third-order valence-corrected chi connectivity index (χ3v) is 3.38. The molecule has 1 fully saturated rings. The summed E-state index contributed by atoms with van der Waals surface area (Å²) in [6.45, 7) is 1.02.